The Balaban J connectivity index is 1.40. The van der Waals surface area contributed by atoms with Crippen LogP contribution in [-0.4, -0.2) is 59.0 Å². The van der Waals surface area contributed by atoms with Gasteiger partial charge in [-0.05, 0) is 31.6 Å². The Morgan fingerprint density at radius 2 is 2.06 bits per heavy atom. The van der Waals surface area contributed by atoms with E-state index in [-0.39, 0.29) is 23.7 Å². The molecule has 0 aromatic carbocycles. The number of nitrogens with zero attached hydrogens (tertiary/aromatic N) is 4. The maximum Gasteiger partial charge on any atom is 0.306 e. The number of nitrogens with one attached hydrogen (secondary N) is 2. The molecule has 4 heterocycles. The molecule has 31 heavy (non-hydrogen) atoms. The molecule has 1 unspecified atom stereocenters. The number of aromatic nitrogens is 3. The van der Waals surface area contributed by atoms with Gasteiger partial charge in [-0.2, -0.15) is 5.26 Å². The molecule has 2 saturated heterocycles. The Morgan fingerprint density at radius 1 is 1.32 bits per heavy atom. The molecule has 1 saturated carbocycles. The van der Waals surface area contributed by atoms with Crippen LogP contribution in [0.3, 0.4) is 0 Å². The number of fused-ring (bicyclic) bond motifs is 1. The Morgan fingerprint density at radius 3 is 2.74 bits per heavy atom. The lowest BCUT2D eigenvalue weighted by atomic mass is 9.89. The van der Waals surface area contributed by atoms with Gasteiger partial charge < -0.3 is 15.0 Å². The Hall–Kier alpha value is -2.99. The van der Waals surface area contributed by atoms with Crippen molar-refractivity contribution in [3.63, 3.8) is 0 Å². The highest BCUT2D eigenvalue weighted by molar-refractivity contribution is 6.05. The van der Waals surface area contributed by atoms with Crippen LogP contribution in [0.4, 0.5) is 0 Å². The zero-order valence-electron chi connectivity index (χ0n) is 17.6. The van der Waals surface area contributed by atoms with E-state index in [1.807, 2.05) is 17.8 Å². The van der Waals surface area contributed by atoms with Crippen molar-refractivity contribution in [2.24, 2.45) is 18.9 Å². The van der Waals surface area contributed by atoms with Crippen LogP contribution in [-0.2, 0) is 16.6 Å². The zero-order valence-corrected chi connectivity index (χ0v) is 17.6. The van der Waals surface area contributed by atoms with Gasteiger partial charge in [0, 0.05) is 32.2 Å². The van der Waals surface area contributed by atoms with Gasteiger partial charge in [0.25, 0.3) is 5.91 Å². The zero-order chi connectivity index (χ0) is 21.5. The second-order valence-electron chi connectivity index (χ2n) is 8.92. The average Bonchev–Trinajstić information content (AvgIpc) is 3.50. The third-order valence-electron chi connectivity index (χ3n) is 6.66. The van der Waals surface area contributed by atoms with Gasteiger partial charge >= 0.3 is 5.65 Å². The number of nitriles is 1. The number of carbonyl (C=O) groups excluding carboxylic acids is 2. The molecule has 0 bridgehead atoms. The molecule has 0 radical (unpaired) electrons. The minimum absolute atomic E-state index is 0.0163. The monoisotopic (exact) mass is 423 g/mol. The van der Waals surface area contributed by atoms with E-state index in [4.69, 9.17) is 15.0 Å². The normalized spacial score (nSPS) is 20.8. The highest BCUT2D eigenvalue weighted by Gasteiger charge is 2.40. The second kappa shape index (κ2) is 7.93. The van der Waals surface area contributed by atoms with Gasteiger partial charge in [0.15, 0.2) is 5.52 Å². The van der Waals surface area contributed by atoms with Crippen LogP contribution in [0.2, 0.25) is 0 Å². The first-order valence-corrected chi connectivity index (χ1v) is 11.0. The maximum atomic E-state index is 13.3. The van der Waals surface area contributed by atoms with E-state index in [1.54, 1.807) is 11.1 Å². The molecule has 9 nitrogen and oxygen atoms in total. The molecule has 3 fully saturated rings. The molecular formula is C22H27N6O3+. The van der Waals surface area contributed by atoms with Crippen LogP contribution < -0.4 is 9.88 Å². The Kier molecular flexibility index (Phi) is 5.10. The topological polar surface area (TPSA) is 115 Å². The summed E-state index contributed by atoms with van der Waals surface area (Å²) in [5.41, 5.74) is 2.87. The van der Waals surface area contributed by atoms with Crippen molar-refractivity contribution < 1.29 is 18.9 Å². The fraction of sp³-hybridized carbons (Fsp3) is 0.591. The predicted octanol–water partition coefficient (Wildman–Crippen LogP) is 0.772. The number of amides is 2. The lowest BCUT2D eigenvalue weighted by Gasteiger charge is -2.40. The van der Waals surface area contributed by atoms with Gasteiger partial charge in [-0.25, -0.2) is 14.5 Å². The summed E-state index contributed by atoms with van der Waals surface area (Å²) in [4.78, 5) is 36.1. The van der Waals surface area contributed by atoms with Crippen molar-refractivity contribution in [3.8, 4) is 6.07 Å². The van der Waals surface area contributed by atoms with Gasteiger partial charge in [-0.3, -0.25) is 9.59 Å². The molecule has 2 aromatic rings. The lowest BCUT2D eigenvalue weighted by molar-refractivity contribution is -0.647. The third-order valence-corrected chi connectivity index (χ3v) is 6.66. The van der Waals surface area contributed by atoms with Crippen LogP contribution in [0.15, 0.2) is 12.4 Å². The molecule has 0 spiro atoms. The van der Waals surface area contributed by atoms with E-state index >= 15 is 0 Å². The average molecular weight is 423 g/mol. The lowest BCUT2D eigenvalue weighted by Crippen LogP contribution is -2.59. The third kappa shape index (κ3) is 3.76. The summed E-state index contributed by atoms with van der Waals surface area (Å²) in [5.74, 6) is -0.0357. The first kappa shape index (κ1) is 19.9. The number of ether oxygens (including phenoxy) is 1. The first-order chi connectivity index (χ1) is 15.0. The molecule has 5 rings (SSSR count). The minimum atomic E-state index is -0.624. The van der Waals surface area contributed by atoms with Gasteiger partial charge in [0.05, 0.1) is 24.7 Å². The van der Waals surface area contributed by atoms with E-state index < -0.39 is 6.04 Å². The van der Waals surface area contributed by atoms with Crippen molar-refractivity contribution in [3.05, 3.63) is 23.7 Å². The van der Waals surface area contributed by atoms with Crippen molar-refractivity contribution in [1.29, 1.82) is 5.26 Å². The highest BCUT2D eigenvalue weighted by atomic mass is 16.5. The SMILES string of the molecule is C[n+]1cc(C2CC2)nc2c(C(=O)NC(C(=O)N3CC(C#N)C3)C3CCOCC3)c[nH]c21. The molecule has 162 valence electrons. The molecule has 2 N–H and O–H groups in total. The number of likely N-dealkylation sites (tertiary alicyclic amines) is 1. The van der Waals surface area contributed by atoms with E-state index in [9.17, 15) is 9.59 Å². The number of aromatic amines is 1. The van der Waals surface area contributed by atoms with Gasteiger partial charge in [-0.15, -0.1) is 0 Å². The predicted molar refractivity (Wildman–Crippen MR) is 110 cm³/mol. The highest BCUT2D eigenvalue weighted by Crippen LogP contribution is 2.39. The molecule has 2 aliphatic heterocycles. The Bertz CT molecular complexity index is 1060. The maximum absolute atomic E-state index is 13.3. The summed E-state index contributed by atoms with van der Waals surface area (Å²) in [6.07, 6.45) is 7.39. The number of H-pyrrole nitrogens is 1. The van der Waals surface area contributed by atoms with Crippen molar-refractivity contribution in [2.75, 3.05) is 26.3 Å². The summed E-state index contributed by atoms with van der Waals surface area (Å²) in [7, 11) is 1.94. The van der Waals surface area contributed by atoms with E-state index in [2.05, 4.69) is 16.4 Å². The quantitative estimate of drug-likeness (QED) is 0.690. The summed E-state index contributed by atoms with van der Waals surface area (Å²) < 4.78 is 7.42. The van der Waals surface area contributed by atoms with Gasteiger partial charge in [0.1, 0.15) is 24.0 Å². The van der Waals surface area contributed by atoms with Crippen LogP contribution >= 0.6 is 0 Å². The molecule has 2 aromatic heterocycles. The van der Waals surface area contributed by atoms with Crippen molar-refractivity contribution >= 4 is 23.0 Å². The summed E-state index contributed by atoms with van der Waals surface area (Å²) in [6.45, 7) is 2.03. The second-order valence-corrected chi connectivity index (χ2v) is 8.92. The summed E-state index contributed by atoms with van der Waals surface area (Å²) >= 11 is 0. The van der Waals surface area contributed by atoms with Crippen LogP contribution in [0.5, 0.6) is 0 Å². The Labute approximate surface area is 180 Å². The summed E-state index contributed by atoms with van der Waals surface area (Å²) in [5, 5.41) is 12.1. The molecule has 1 atom stereocenters. The molecule has 3 aliphatic rings. The van der Waals surface area contributed by atoms with Crippen molar-refractivity contribution in [1.82, 2.24) is 20.2 Å². The van der Waals surface area contributed by atoms with E-state index in [1.165, 1.54) is 0 Å². The number of carbonyl (C=O) groups is 2. The molecule has 9 heteroatoms. The number of aryl methyl sites for hydroxylation is 1. The smallest absolute Gasteiger partial charge is 0.306 e. The van der Waals surface area contributed by atoms with Crippen LogP contribution in [0, 0.1) is 23.2 Å². The molecular weight excluding hydrogens is 396 g/mol. The van der Waals surface area contributed by atoms with Crippen LogP contribution in [0.25, 0.3) is 11.2 Å². The fourth-order valence-electron chi connectivity index (χ4n) is 4.54. The van der Waals surface area contributed by atoms with E-state index in [0.29, 0.717) is 43.3 Å². The van der Waals surface area contributed by atoms with Gasteiger partial charge in [-0.1, -0.05) is 0 Å². The van der Waals surface area contributed by atoms with Gasteiger partial charge in [0.2, 0.25) is 5.91 Å². The largest absolute Gasteiger partial charge is 0.381 e. The fourth-order valence-corrected chi connectivity index (χ4v) is 4.54. The number of rotatable bonds is 5. The number of hydrogen-bond donors (Lipinski definition) is 2. The standard InChI is InChI=1S/C22H26N6O3/c1-27-12-17(14-2-3-14)25-19-16(9-24-20(19)27)21(29)26-18(15-4-6-31-7-5-15)22(30)28-10-13(8-23)11-28/h9,12-15,18H,2-7,10-11H2,1H3,(H,26,29)/p+1. The summed E-state index contributed by atoms with van der Waals surface area (Å²) in [6, 6.07) is 1.57. The van der Waals surface area contributed by atoms with Crippen molar-refractivity contribution in [2.45, 2.75) is 37.6 Å². The minimum Gasteiger partial charge on any atom is -0.381 e. The van der Waals surface area contributed by atoms with Crippen LogP contribution in [0.1, 0.15) is 47.7 Å². The first-order valence-electron chi connectivity index (χ1n) is 11.0. The molecule has 1 aliphatic carbocycles. The number of hydrogen-bond acceptors (Lipinski definition) is 5. The molecule has 2 amide bonds. The van der Waals surface area contributed by atoms with E-state index in [0.717, 1.165) is 37.0 Å².